The van der Waals surface area contributed by atoms with Crippen LogP contribution in [-0.2, 0) is 0 Å². The van der Waals surface area contributed by atoms with Crippen molar-refractivity contribution in [3.63, 3.8) is 0 Å². The first-order valence-electron chi connectivity index (χ1n) is 2.16. The number of benzene rings is 1. The van der Waals surface area contributed by atoms with Crippen LogP contribution in [0.15, 0.2) is 30.3 Å². The smallest absolute Gasteiger partial charge is 0.652 e. The summed E-state index contributed by atoms with van der Waals surface area (Å²) in [6.07, 6.45) is 0. The molecule has 0 heterocycles. The van der Waals surface area contributed by atoms with Crippen LogP contribution in [0.1, 0.15) is 0 Å². The Labute approximate surface area is 64.9 Å². The number of hydrogen-bond donors (Lipinski definition) is 0. The van der Waals surface area contributed by atoms with Gasteiger partial charge in [0.25, 0.3) is 0 Å². The molecule has 0 saturated carbocycles. The second-order valence-corrected chi connectivity index (χ2v) is 1.94. The van der Waals surface area contributed by atoms with E-state index in [1.165, 1.54) is 0 Å². The van der Waals surface area contributed by atoms with E-state index in [1.54, 1.807) is 0 Å². The van der Waals surface area contributed by atoms with Gasteiger partial charge in [0.2, 0.25) is 0 Å². The Hall–Kier alpha value is 0.0343. The van der Waals surface area contributed by atoms with E-state index in [4.69, 9.17) is 0 Å². The van der Waals surface area contributed by atoms with Crippen LogP contribution in [0.3, 0.4) is 0 Å². The Balaban J connectivity index is 0.000000490. The molecule has 1 aromatic rings. The first-order valence-corrected chi connectivity index (χ1v) is 2.66. The molecular weight excluding hydrogens is 107 g/mol. The molecule has 0 fully saturated rings. The van der Waals surface area contributed by atoms with Gasteiger partial charge in [0.15, 0.2) is 0 Å². The molecule has 0 saturated heterocycles. The van der Waals surface area contributed by atoms with Crippen LogP contribution in [0.5, 0.6) is 0 Å². The van der Waals surface area contributed by atoms with Crippen molar-refractivity contribution in [2.75, 3.05) is 0 Å². The maximum atomic E-state index is 3.36. The van der Waals surface area contributed by atoms with E-state index in [9.17, 15) is 0 Å². The van der Waals surface area contributed by atoms with Crippen molar-refractivity contribution < 1.29 is 18.9 Å². The van der Waals surface area contributed by atoms with E-state index in [1.807, 2.05) is 30.3 Å². The second-order valence-electron chi connectivity index (χ2n) is 1.37. The summed E-state index contributed by atoms with van der Waals surface area (Å²) in [5, 5.41) is 1.13. The fourth-order valence-corrected chi connectivity index (χ4v) is 0.631. The molecule has 0 unspecified atom stereocenters. The van der Waals surface area contributed by atoms with Crippen molar-refractivity contribution in [1.29, 1.82) is 0 Å². The number of rotatable bonds is 0. The van der Waals surface area contributed by atoms with Gasteiger partial charge in [0.1, 0.15) is 0 Å². The summed E-state index contributed by atoms with van der Waals surface area (Å²) >= 11 is 0. The van der Waals surface area contributed by atoms with Crippen molar-refractivity contribution in [2.24, 2.45) is 0 Å². The van der Waals surface area contributed by atoms with Crippen LogP contribution in [0, 0.1) is 0 Å². The molecule has 0 atom stereocenters. The van der Waals surface area contributed by atoms with Gasteiger partial charge in [-0.25, -0.2) is 0 Å². The first kappa shape index (κ1) is 8.03. The molecule has 0 spiro atoms. The Morgan fingerprint density at radius 3 is 1.75 bits per heavy atom. The third-order valence-electron chi connectivity index (χ3n) is 0.774. The molecule has 0 aliphatic rings. The Bertz CT molecular complexity index is 138. The maximum Gasteiger partial charge on any atom is 1.00 e. The monoisotopic (exact) mass is 112 g/mol. The van der Waals surface area contributed by atoms with Gasteiger partial charge in [-0.1, -0.05) is 30.3 Å². The second kappa shape index (κ2) is 3.97. The van der Waals surface area contributed by atoms with Crippen LogP contribution in [0.4, 0.5) is 0 Å². The van der Waals surface area contributed by atoms with Gasteiger partial charge in [-0.2, -0.15) is 0 Å². The molecule has 8 heavy (non-hydrogen) atoms. The van der Waals surface area contributed by atoms with E-state index in [-0.39, 0.29) is 18.9 Å². The Morgan fingerprint density at radius 1 is 1.00 bits per heavy atom. The van der Waals surface area contributed by atoms with Crippen LogP contribution in [0.2, 0.25) is 0 Å². The molecule has 0 aromatic heterocycles. The topological polar surface area (TPSA) is 0 Å². The standard InChI is InChI=1S/C6H5Si.Li/c7-6-4-2-1-3-5-6;/h1-5H;/q-1;+1. The van der Waals surface area contributed by atoms with Gasteiger partial charge in [-0.05, 0) is 0 Å². The molecule has 1 aromatic carbocycles. The minimum Gasteiger partial charge on any atom is -0.652 e. The van der Waals surface area contributed by atoms with E-state index in [0.29, 0.717) is 0 Å². The zero-order valence-electron chi connectivity index (χ0n) is 4.89. The Kier molecular flexibility index (Phi) is 3.99. The third-order valence-corrected chi connectivity index (χ3v) is 1.11. The largest absolute Gasteiger partial charge is 1.00 e. The van der Waals surface area contributed by atoms with Crippen molar-refractivity contribution in [1.82, 2.24) is 0 Å². The molecule has 0 aliphatic heterocycles. The average molecular weight is 112 g/mol. The predicted octanol–water partition coefficient (Wildman–Crippen LogP) is -2.52. The zero-order valence-corrected chi connectivity index (χ0v) is 5.89. The SMILES string of the molecule is [Li+].[Si-]c1ccccc1. The van der Waals surface area contributed by atoms with Gasteiger partial charge >= 0.3 is 18.9 Å². The van der Waals surface area contributed by atoms with Crippen LogP contribution >= 0.6 is 0 Å². The van der Waals surface area contributed by atoms with Crippen molar-refractivity contribution in [2.45, 2.75) is 0 Å². The molecule has 2 heteroatoms. The first-order chi connectivity index (χ1) is 3.39. The molecular formula is C6H5LiSi. The fraction of sp³-hybridized carbons (Fsp3) is 0. The van der Waals surface area contributed by atoms with Crippen LogP contribution < -0.4 is 24.0 Å². The summed E-state index contributed by atoms with van der Waals surface area (Å²) in [6.45, 7) is 0. The quantitative estimate of drug-likeness (QED) is 0.325. The van der Waals surface area contributed by atoms with Gasteiger partial charge < -0.3 is 10.2 Å². The molecule has 0 aliphatic carbocycles. The van der Waals surface area contributed by atoms with Gasteiger partial charge in [-0.15, -0.1) is 0 Å². The van der Waals surface area contributed by atoms with E-state index < -0.39 is 0 Å². The molecule has 1 rings (SSSR count). The number of hydrogen-bond acceptors (Lipinski definition) is 0. The summed E-state index contributed by atoms with van der Waals surface area (Å²) in [4.78, 5) is 0. The summed E-state index contributed by atoms with van der Waals surface area (Å²) < 4.78 is 0. The van der Waals surface area contributed by atoms with Crippen LogP contribution in [0.25, 0.3) is 0 Å². The molecule has 0 bridgehead atoms. The van der Waals surface area contributed by atoms with Crippen molar-refractivity contribution in [3.05, 3.63) is 30.3 Å². The summed E-state index contributed by atoms with van der Waals surface area (Å²) in [5.74, 6) is 0. The van der Waals surface area contributed by atoms with E-state index in [0.717, 1.165) is 5.19 Å². The van der Waals surface area contributed by atoms with Gasteiger partial charge in [-0.3, -0.25) is 5.19 Å². The van der Waals surface area contributed by atoms with Crippen molar-refractivity contribution >= 4 is 15.4 Å². The molecule has 0 nitrogen and oxygen atoms in total. The van der Waals surface area contributed by atoms with Gasteiger partial charge in [0, 0.05) is 0 Å². The molecule has 0 amide bonds. The minimum absolute atomic E-state index is 0. The fourth-order valence-electron chi connectivity index (χ4n) is 0.438. The summed E-state index contributed by atoms with van der Waals surface area (Å²) in [7, 11) is 3.36. The third kappa shape index (κ3) is 2.37. The average Bonchev–Trinajstić information content (AvgIpc) is 1.69. The van der Waals surface area contributed by atoms with E-state index >= 15 is 0 Å². The maximum absolute atomic E-state index is 3.36. The van der Waals surface area contributed by atoms with Gasteiger partial charge in [0.05, 0.1) is 0 Å². The predicted molar refractivity (Wildman–Crippen MR) is 31.8 cm³/mol. The van der Waals surface area contributed by atoms with Crippen molar-refractivity contribution in [3.8, 4) is 0 Å². The Morgan fingerprint density at radius 2 is 1.50 bits per heavy atom. The van der Waals surface area contributed by atoms with E-state index in [2.05, 4.69) is 10.2 Å². The van der Waals surface area contributed by atoms with Crippen LogP contribution in [-0.4, -0.2) is 10.2 Å². The zero-order chi connectivity index (χ0) is 5.11. The summed E-state index contributed by atoms with van der Waals surface area (Å²) in [5.41, 5.74) is 0. The molecule has 2 radical (unpaired) electrons. The molecule has 34 valence electrons. The minimum atomic E-state index is 0. The summed E-state index contributed by atoms with van der Waals surface area (Å²) in [6, 6.07) is 9.96. The molecule has 0 N–H and O–H groups in total. The normalized spacial score (nSPS) is 7.50.